The van der Waals surface area contributed by atoms with Gasteiger partial charge in [-0.25, -0.2) is 0 Å². The Balaban J connectivity index is 0.00000341. The lowest BCUT2D eigenvalue weighted by atomic mass is 10.1. The lowest BCUT2D eigenvalue weighted by Crippen LogP contribution is -2.36. The van der Waals surface area contributed by atoms with E-state index in [4.69, 9.17) is 0 Å². The van der Waals surface area contributed by atoms with Crippen LogP contribution in [0.2, 0.25) is 0 Å². The van der Waals surface area contributed by atoms with Gasteiger partial charge in [-0.05, 0) is 48.7 Å². The Morgan fingerprint density at radius 1 is 1.06 bits per heavy atom. The van der Waals surface area contributed by atoms with E-state index in [2.05, 4.69) is 58.1 Å². The molecule has 0 aliphatic heterocycles. The molecule has 7 nitrogen and oxygen atoms in total. The molecule has 8 heteroatoms. The van der Waals surface area contributed by atoms with E-state index in [1.54, 1.807) is 30.2 Å². The number of carbonyl (C=O) groups excluding carboxylic acids is 1. The number of aryl methyl sites for hydroxylation is 2. The van der Waals surface area contributed by atoms with Crippen molar-refractivity contribution >= 4 is 41.5 Å². The van der Waals surface area contributed by atoms with Crippen LogP contribution in [-0.2, 0) is 24.4 Å². The molecular formula is C23H29IN6O. The fourth-order valence-corrected chi connectivity index (χ4v) is 3.13. The van der Waals surface area contributed by atoms with Crippen LogP contribution in [0.4, 0.5) is 5.69 Å². The zero-order chi connectivity index (χ0) is 21.3. The fourth-order valence-electron chi connectivity index (χ4n) is 3.13. The molecule has 0 aliphatic carbocycles. The van der Waals surface area contributed by atoms with Gasteiger partial charge in [-0.1, -0.05) is 35.9 Å². The molecule has 0 saturated carbocycles. The van der Waals surface area contributed by atoms with E-state index in [1.807, 2.05) is 24.3 Å². The number of anilines is 1. The van der Waals surface area contributed by atoms with Crippen LogP contribution in [0.3, 0.4) is 0 Å². The minimum absolute atomic E-state index is 0. The normalized spacial score (nSPS) is 10.9. The molecule has 0 unspecified atom stereocenters. The maximum absolute atomic E-state index is 12.2. The summed E-state index contributed by atoms with van der Waals surface area (Å²) in [6.45, 7) is 5.69. The molecule has 0 aliphatic rings. The van der Waals surface area contributed by atoms with E-state index in [9.17, 15) is 4.79 Å². The van der Waals surface area contributed by atoms with Crippen LogP contribution in [0.15, 0.2) is 65.9 Å². The zero-order valence-corrected chi connectivity index (χ0v) is 20.4. The number of amides is 1. The fraction of sp³-hybridized carbons (Fsp3) is 0.261. The predicted octanol–water partition coefficient (Wildman–Crippen LogP) is 3.62. The number of carbonyl (C=O) groups is 1. The van der Waals surface area contributed by atoms with Gasteiger partial charge in [0.1, 0.15) is 6.54 Å². The third kappa shape index (κ3) is 7.71. The molecule has 164 valence electrons. The highest BCUT2D eigenvalue weighted by molar-refractivity contribution is 14.0. The standard InChI is InChI=1S/C23H28N6O.HI/c1-17-8-9-20(18(2)12-17)15-26-23(24-3)25-14-19-6-4-7-21(13-19)28-22(30)16-29-11-5-10-27-29;/h4-13H,14-16H2,1-3H3,(H,28,30)(H2,24,25,26);1H. The Kier molecular flexibility index (Phi) is 9.51. The van der Waals surface area contributed by atoms with Gasteiger partial charge < -0.3 is 16.0 Å². The lowest BCUT2D eigenvalue weighted by molar-refractivity contribution is -0.116. The molecular weight excluding hydrogens is 503 g/mol. The van der Waals surface area contributed by atoms with Crippen molar-refractivity contribution in [1.29, 1.82) is 0 Å². The van der Waals surface area contributed by atoms with Crippen LogP contribution >= 0.6 is 24.0 Å². The number of guanidine groups is 1. The molecule has 2 aromatic carbocycles. The molecule has 1 aromatic heterocycles. The summed E-state index contributed by atoms with van der Waals surface area (Å²) in [7, 11) is 1.75. The number of halogens is 1. The number of aliphatic imine (C=N–C) groups is 1. The van der Waals surface area contributed by atoms with E-state index in [1.165, 1.54) is 16.7 Å². The van der Waals surface area contributed by atoms with Gasteiger partial charge in [0.15, 0.2) is 5.96 Å². The number of nitrogens with zero attached hydrogens (tertiary/aromatic N) is 3. The summed E-state index contributed by atoms with van der Waals surface area (Å²) in [6, 6.07) is 16.0. The number of benzene rings is 2. The monoisotopic (exact) mass is 532 g/mol. The van der Waals surface area contributed by atoms with Gasteiger partial charge in [0.2, 0.25) is 5.91 Å². The van der Waals surface area contributed by atoms with Crippen LogP contribution in [0, 0.1) is 13.8 Å². The molecule has 31 heavy (non-hydrogen) atoms. The van der Waals surface area contributed by atoms with Gasteiger partial charge in [-0.15, -0.1) is 24.0 Å². The molecule has 1 amide bonds. The second kappa shape index (κ2) is 12.1. The topological polar surface area (TPSA) is 83.3 Å². The predicted molar refractivity (Wildman–Crippen MR) is 136 cm³/mol. The highest BCUT2D eigenvalue weighted by Crippen LogP contribution is 2.12. The SMILES string of the molecule is CN=C(NCc1cccc(NC(=O)Cn2cccn2)c1)NCc1ccc(C)cc1C.I. The van der Waals surface area contributed by atoms with E-state index in [0.29, 0.717) is 13.1 Å². The van der Waals surface area contributed by atoms with Gasteiger partial charge in [0.25, 0.3) is 0 Å². The Morgan fingerprint density at radius 2 is 1.87 bits per heavy atom. The maximum Gasteiger partial charge on any atom is 0.246 e. The molecule has 3 N–H and O–H groups in total. The lowest BCUT2D eigenvalue weighted by Gasteiger charge is -2.14. The second-order valence-corrected chi connectivity index (χ2v) is 7.16. The van der Waals surface area contributed by atoms with Crippen molar-refractivity contribution in [3.8, 4) is 0 Å². The van der Waals surface area contributed by atoms with Crippen LogP contribution in [0.25, 0.3) is 0 Å². The minimum atomic E-state index is -0.116. The van der Waals surface area contributed by atoms with Crippen molar-refractivity contribution in [1.82, 2.24) is 20.4 Å². The van der Waals surface area contributed by atoms with Crippen molar-refractivity contribution < 1.29 is 4.79 Å². The van der Waals surface area contributed by atoms with E-state index in [0.717, 1.165) is 17.2 Å². The third-order valence-corrected chi connectivity index (χ3v) is 4.70. The molecule has 1 heterocycles. The summed E-state index contributed by atoms with van der Waals surface area (Å²) in [5, 5.41) is 13.6. The average molecular weight is 532 g/mol. The van der Waals surface area contributed by atoms with Crippen LogP contribution < -0.4 is 16.0 Å². The highest BCUT2D eigenvalue weighted by atomic mass is 127. The zero-order valence-electron chi connectivity index (χ0n) is 18.1. The molecule has 0 saturated heterocycles. The minimum Gasteiger partial charge on any atom is -0.352 e. The van der Waals surface area contributed by atoms with Crippen LogP contribution in [0.5, 0.6) is 0 Å². The second-order valence-electron chi connectivity index (χ2n) is 7.16. The van der Waals surface area contributed by atoms with E-state index in [-0.39, 0.29) is 36.4 Å². The van der Waals surface area contributed by atoms with Gasteiger partial charge >= 0.3 is 0 Å². The summed E-state index contributed by atoms with van der Waals surface area (Å²) >= 11 is 0. The summed E-state index contributed by atoms with van der Waals surface area (Å²) < 4.78 is 1.59. The molecule has 0 atom stereocenters. The van der Waals surface area contributed by atoms with Gasteiger partial charge in [0.05, 0.1) is 0 Å². The molecule has 3 rings (SSSR count). The van der Waals surface area contributed by atoms with Gasteiger partial charge in [-0.3, -0.25) is 14.5 Å². The number of hydrogen-bond acceptors (Lipinski definition) is 3. The van der Waals surface area contributed by atoms with Crippen LogP contribution in [0.1, 0.15) is 22.3 Å². The number of aromatic nitrogens is 2. The first-order chi connectivity index (χ1) is 14.5. The quantitative estimate of drug-likeness (QED) is 0.247. The van der Waals surface area contributed by atoms with Crippen molar-refractivity contribution in [3.05, 3.63) is 83.2 Å². The largest absolute Gasteiger partial charge is 0.352 e. The van der Waals surface area contributed by atoms with E-state index < -0.39 is 0 Å². The Labute approximate surface area is 200 Å². The number of hydrogen-bond donors (Lipinski definition) is 3. The van der Waals surface area contributed by atoms with Crippen molar-refractivity contribution in [2.45, 2.75) is 33.5 Å². The highest BCUT2D eigenvalue weighted by Gasteiger charge is 2.06. The third-order valence-electron chi connectivity index (χ3n) is 4.70. The first-order valence-corrected chi connectivity index (χ1v) is 9.90. The van der Waals surface area contributed by atoms with Crippen LogP contribution in [-0.4, -0.2) is 28.7 Å². The van der Waals surface area contributed by atoms with Crippen molar-refractivity contribution in [2.75, 3.05) is 12.4 Å². The first kappa shape index (κ1) is 24.4. The molecule has 0 bridgehead atoms. The van der Waals surface area contributed by atoms with Gasteiger partial charge in [0, 0.05) is 38.2 Å². The summed E-state index contributed by atoms with van der Waals surface area (Å²) in [6.07, 6.45) is 3.41. The van der Waals surface area contributed by atoms with Crippen molar-refractivity contribution in [3.63, 3.8) is 0 Å². The molecule has 3 aromatic rings. The maximum atomic E-state index is 12.2. The summed E-state index contributed by atoms with van der Waals surface area (Å²) in [5.74, 6) is 0.609. The summed E-state index contributed by atoms with van der Waals surface area (Å²) in [4.78, 5) is 16.4. The number of rotatable bonds is 7. The van der Waals surface area contributed by atoms with Crippen molar-refractivity contribution in [2.24, 2.45) is 4.99 Å². The average Bonchev–Trinajstić information content (AvgIpc) is 3.22. The van der Waals surface area contributed by atoms with Gasteiger partial charge in [-0.2, -0.15) is 5.10 Å². The molecule has 0 fully saturated rings. The Bertz CT molecular complexity index is 1020. The molecule has 0 spiro atoms. The Hall–Kier alpha value is -2.88. The van der Waals surface area contributed by atoms with E-state index >= 15 is 0 Å². The summed E-state index contributed by atoms with van der Waals surface area (Å²) in [5.41, 5.74) is 5.56. The molecule has 0 radical (unpaired) electrons. The smallest absolute Gasteiger partial charge is 0.246 e. The number of nitrogens with one attached hydrogen (secondary N) is 3. The Morgan fingerprint density at radius 3 is 2.58 bits per heavy atom. The first-order valence-electron chi connectivity index (χ1n) is 9.90.